The van der Waals surface area contributed by atoms with Crippen LogP contribution in [0.15, 0.2) is 291 Å². The SMILES string of the molecule is CC1(C)c2ccccc2-c2cc3c(cc21)c1ccccc1n3-c1ccc(-c2cc(-c3cccc(-c4cccc5c4c4cc6c(cc4n5-c4ccc(-c5nc(-c7ccccc7)cc(-c7ccccc7)n5)cc4)-c4ccccc4C6(C)C)c3)nc(-c3ccccc3)n2)cc1. The molecule has 4 heterocycles. The number of nitrogens with zero attached hydrogens (tertiary/aromatic N) is 6. The summed E-state index contributed by atoms with van der Waals surface area (Å²) < 4.78 is 4.88. The Morgan fingerprint density at radius 1 is 0.239 bits per heavy atom. The van der Waals surface area contributed by atoms with Crippen molar-refractivity contribution in [2.75, 3.05) is 0 Å². The van der Waals surface area contributed by atoms with E-state index in [1.807, 2.05) is 18.2 Å². The highest BCUT2D eigenvalue weighted by Gasteiger charge is 2.38. The molecule has 4 aromatic heterocycles. The lowest BCUT2D eigenvalue weighted by Gasteiger charge is -2.21. The molecule has 2 aliphatic carbocycles. The predicted octanol–water partition coefficient (Wildman–Crippen LogP) is 21.7. The normalized spacial score (nSPS) is 13.4. The Kier molecular flexibility index (Phi) is 11.9. The highest BCUT2D eigenvalue weighted by atomic mass is 15.0. The van der Waals surface area contributed by atoms with Gasteiger partial charge in [0.2, 0.25) is 0 Å². The molecule has 0 bridgehead atoms. The molecule has 0 radical (unpaired) electrons. The molecule has 0 amide bonds. The Hall–Kier alpha value is -11.6. The van der Waals surface area contributed by atoms with Crippen molar-refractivity contribution >= 4 is 43.6 Å². The van der Waals surface area contributed by atoms with E-state index in [1.165, 1.54) is 77.1 Å². The van der Waals surface area contributed by atoms with E-state index in [4.69, 9.17) is 19.9 Å². The first kappa shape index (κ1) is 53.4. The van der Waals surface area contributed by atoms with E-state index >= 15 is 0 Å². The van der Waals surface area contributed by atoms with Crippen LogP contribution in [0.4, 0.5) is 0 Å². The zero-order valence-corrected chi connectivity index (χ0v) is 51.4. The first-order valence-corrected chi connectivity index (χ1v) is 31.8. The molecule has 6 nitrogen and oxygen atoms in total. The molecule has 0 saturated carbocycles. The van der Waals surface area contributed by atoms with Crippen molar-refractivity contribution in [3.63, 3.8) is 0 Å². The molecular formula is C86H60N6. The Labute approximate surface area is 534 Å². The van der Waals surface area contributed by atoms with Gasteiger partial charge in [-0.05, 0) is 147 Å². The zero-order chi connectivity index (χ0) is 61.4. The fraction of sp³-hybridized carbons (Fsp3) is 0.0698. The zero-order valence-electron chi connectivity index (χ0n) is 51.4. The molecule has 434 valence electrons. The Balaban J connectivity index is 0.762. The number of hydrogen-bond acceptors (Lipinski definition) is 4. The first-order chi connectivity index (χ1) is 45.1. The molecule has 0 atom stereocenters. The maximum Gasteiger partial charge on any atom is 0.160 e. The average molecular weight is 1180 g/mol. The molecule has 0 N–H and O–H groups in total. The van der Waals surface area contributed by atoms with Crippen molar-refractivity contribution in [1.29, 1.82) is 0 Å². The van der Waals surface area contributed by atoms with Crippen LogP contribution in [0.3, 0.4) is 0 Å². The van der Waals surface area contributed by atoms with E-state index in [1.54, 1.807) is 0 Å². The lowest BCUT2D eigenvalue weighted by Crippen LogP contribution is -2.14. The van der Waals surface area contributed by atoms with Gasteiger partial charge in [0.05, 0.1) is 44.8 Å². The molecule has 0 aliphatic heterocycles. The minimum Gasteiger partial charge on any atom is -0.309 e. The topological polar surface area (TPSA) is 61.4 Å². The number of benzene rings is 12. The molecule has 12 aromatic carbocycles. The lowest BCUT2D eigenvalue weighted by molar-refractivity contribution is 0.661. The van der Waals surface area contributed by atoms with Gasteiger partial charge in [0.1, 0.15) is 0 Å². The summed E-state index contributed by atoms with van der Waals surface area (Å²) >= 11 is 0. The second-order valence-electron chi connectivity index (χ2n) is 25.8. The number of aromatic nitrogens is 6. The molecular weight excluding hydrogens is 1120 g/mol. The van der Waals surface area contributed by atoms with Gasteiger partial charge in [-0.1, -0.05) is 228 Å². The third kappa shape index (κ3) is 8.33. The third-order valence-electron chi connectivity index (χ3n) is 19.8. The number of para-hydroxylation sites is 1. The molecule has 0 spiro atoms. The highest BCUT2D eigenvalue weighted by molar-refractivity contribution is 6.17. The number of rotatable bonds is 9. The summed E-state index contributed by atoms with van der Waals surface area (Å²) in [5, 5.41) is 4.91. The largest absolute Gasteiger partial charge is 0.309 e. The van der Waals surface area contributed by atoms with Crippen LogP contribution in [0, 0.1) is 0 Å². The van der Waals surface area contributed by atoms with E-state index in [2.05, 4.69) is 310 Å². The average Bonchev–Trinajstić information content (AvgIpc) is 1.56. The summed E-state index contributed by atoms with van der Waals surface area (Å²) in [4.78, 5) is 21.1. The monoisotopic (exact) mass is 1180 g/mol. The van der Waals surface area contributed by atoms with Gasteiger partial charge < -0.3 is 9.13 Å². The lowest BCUT2D eigenvalue weighted by atomic mass is 9.82. The van der Waals surface area contributed by atoms with Gasteiger partial charge in [0.15, 0.2) is 11.6 Å². The maximum absolute atomic E-state index is 5.39. The van der Waals surface area contributed by atoms with Crippen molar-refractivity contribution in [1.82, 2.24) is 29.1 Å². The molecule has 6 heteroatoms. The summed E-state index contributed by atoms with van der Waals surface area (Å²) in [6.45, 7) is 9.45. The van der Waals surface area contributed by atoms with Crippen LogP contribution in [-0.2, 0) is 10.8 Å². The molecule has 0 unspecified atom stereocenters. The van der Waals surface area contributed by atoms with Crippen molar-refractivity contribution in [3.8, 4) is 113 Å². The summed E-state index contributed by atoms with van der Waals surface area (Å²) in [7, 11) is 0. The minimum absolute atomic E-state index is 0.0947. The number of fused-ring (bicyclic) bond motifs is 12. The summed E-state index contributed by atoms with van der Waals surface area (Å²) in [5.74, 6) is 1.35. The molecule has 16 aromatic rings. The maximum atomic E-state index is 5.39. The van der Waals surface area contributed by atoms with Crippen molar-refractivity contribution in [2.45, 2.75) is 38.5 Å². The van der Waals surface area contributed by atoms with Gasteiger partial charge in [-0.25, -0.2) is 19.9 Å². The summed E-state index contributed by atoms with van der Waals surface area (Å²) in [5.41, 5.74) is 28.8. The number of hydrogen-bond donors (Lipinski definition) is 0. The molecule has 0 fully saturated rings. The van der Waals surface area contributed by atoms with E-state index in [-0.39, 0.29) is 10.8 Å². The van der Waals surface area contributed by atoms with Crippen LogP contribution in [0.25, 0.3) is 156 Å². The molecule has 18 rings (SSSR count). The smallest absolute Gasteiger partial charge is 0.160 e. The van der Waals surface area contributed by atoms with Gasteiger partial charge >= 0.3 is 0 Å². The Morgan fingerprint density at radius 3 is 1.21 bits per heavy atom. The van der Waals surface area contributed by atoms with Crippen LogP contribution in [0.1, 0.15) is 49.9 Å². The second kappa shape index (κ2) is 20.5. The molecule has 0 saturated heterocycles. The van der Waals surface area contributed by atoms with Crippen molar-refractivity contribution < 1.29 is 0 Å². The highest BCUT2D eigenvalue weighted by Crippen LogP contribution is 2.53. The van der Waals surface area contributed by atoms with E-state index in [0.717, 1.165) is 89.7 Å². The van der Waals surface area contributed by atoms with Crippen LogP contribution in [0.5, 0.6) is 0 Å². The van der Waals surface area contributed by atoms with Crippen molar-refractivity contribution in [2.24, 2.45) is 0 Å². The fourth-order valence-corrected chi connectivity index (χ4v) is 15.2. The third-order valence-corrected chi connectivity index (χ3v) is 19.8. The first-order valence-electron chi connectivity index (χ1n) is 31.8. The van der Waals surface area contributed by atoms with Gasteiger partial charge in [0.25, 0.3) is 0 Å². The van der Waals surface area contributed by atoms with Gasteiger partial charge in [0, 0.05) is 77.1 Å². The Morgan fingerprint density at radius 2 is 0.630 bits per heavy atom. The van der Waals surface area contributed by atoms with Crippen LogP contribution in [0.2, 0.25) is 0 Å². The summed E-state index contributed by atoms with van der Waals surface area (Å²) in [6, 6.07) is 105. The standard InChI is InChI=1S/C86H60N6/c1-85(2)70-34-17-14-30-63(70)66-49-80-68(47-72(66)85)65-32-16-19-36-78(65)91(80)60-42-38-55(39-43-60)76-52-77(90-83(89-76)56-26-12-7-13-27-56)59-29-20-28-58(46-59)62-33-21-37-79-82(62)69-48-73-67(64-31-15-18-35-71(64)86(73,3)4)50-81(69)92(79)61-44-40-57(41-45-61)84-87-74(53-22-8-5-9-23-53)51-75(88-84)54-24-10-6-11-25-54/h5-52H,1-4H3. The Bertz CT molecular complexity index is 5600. The summed E-state index contributed by atoms with van der Waals surface area (Å²) in [6.07, 6.45) is 0. The second-order valence-corrected chi connectivity index (χ2v) is 25.8. The predicted molar refractivity (Wildman–Crippen MR) is 379 cm³/mol. The van der Waals surface area contributed by atoms with E-state index < -0.39 is 0 Å². The molecule has 92 heavy (non-hydrogen) atoms. The van der Waals surface area contributed by atoms with Gasteiger partial charge in [-0.15, -0.1) is 0 Å². The fourth-order valence-electron chi connectivity index (χ4n) is 15.2. The van der Waals surface area contributed by atoms with Crippen LogP contribution >= 0.6 is 0 Å². The van der Waals surface area contributed by atoms with Crippen LogP contribution in [-0.4, -0.2) is 29.1 Å². The molecule has 2 aliphatic rings. The van der Waals surface area contributed by atoms with Gasteiger partial charge in [-0.2, -0.15) is 0 Å². The van der Waals surface area contributed by atoms with E-state index in [0.29, 0.717) is 11.6 Å². The quantitative estimate of drug-likeness (QED) is 0.144. The minimum atomic E-state index is -0.199. The van der Waals surface area contributed by atoms with Crippen LogP contribution < -0.4 is 0 Å². The van der Waals surface area contributed by atoms with Crippen molar-refractivity contribution in [3.05, 3.63) is 313 Å². The van der Waals surface area contributed by atoms with Gasteiger partial charge in [-0.3, -0.25) is 0 Å². The van der Waals surface area contributed by atoms with E-state index in [9.17, 15) is 0 Å².